The van der Waals surface area contributed by atoms with Crippen molar-refractivity contribution in [3.63, 3.8) is 0 Å². The fourth-order valence-corrected chi connectivity index (χ4v) is 3.95. The van der Waals surface area contributed by atoms with Crippen LogP contribution in [0.4, 0.5) is 0 Å². The minimum absolute atomic E-state index is 0.472. The summed E-state index contributed by atoms with van der Waals surface area (Å²) >= 11 is 3.77. The quantitative estimate of drug-likeness (QED) is 0.594. The van der Waals surface area contributed by atoms with Gasteiger partial charge in [-0.1, -0.05) is 47.7 Å². The molecule has 0 amide bonds. The van der Waals surface area contributed by atoms with Crippen LogP contribution in [0, 0.1) is 5.41 Å². The van der Waals surface area contributed by atoms with E-state index in [1.54, 1.807) is 0 Å². The fraction of sp³-hybridized carbons (Fsp3) is 0.688. The van der Waals surface area contributed by atoms with Gasteiger partial charge < -0.3 is 0 Å². The Kier molecular flexibility index (Phi) is 5.83. The first-order valence-corrected chi connectivity index (χ1v) is 8.51. The number of pyridine rings is 1. The van der Waals surface area contributed by atoms with E-state index in [4.69, 9.17) is 0 Å². The molecule has 0 unspecified atom stereocenters. The fourth-order valence-electron chi connectivity index (χ4n) is 3.21. The van der Waals surface area contributed by atoms with Gasteiger partial charge in [0.2, 0.25) is 0 Å². The lowest BCUT2D eigenvalue weighted by atomic mass is 9.82. The molecule has 1 aromatic rings. The van der Waals surface area contributed by atoms with E-state index in [1.807, 2.05) is 12.3 Å². The van der Waals surface area contributed by atoms with Crippen molar-refractivity contribution in [3.8, 4) is 0 Å². The minimum atomic E-state index is 0.472. The van der Waals surface area contributed by atoms with Crippen molar-refractivity contribution in [2.75, 3.05) is 18.9 Å². The summed E-state index contributed by atoms with van der Waals surface area (Å²) in [7, 11) is 2.23. The van der Waals surface area contributed by atoms with Gasteiger partial charge >= 0.3 is 0 Å². The molecular weight excluding hydrogens is 300 g/mol. The first-order valence-electron chi connectivity index (χ1n) is 7.39. The average molecular weight is 325 g/mol. The normalized spacial score (nSPS) is 19.3. The number of aromatic nitrogens is 1. The van der Waals surface area contributed by atoms with Crippen molar-refractivity contribution in [1.82, 2.24) is 9.88 Å². The van der Waals surface area contributed by atoms with E-state index in [2.05, 4.69) is 45.0 Å². The number of hydrogen-bond acceptors (Lipinski definition) is 2. The lowest BCUT2D eigenvalue weighted by Gasteiger charge is -2.35. The SMILES string of the molecule is CN(Cc1ccccn1)CC1(CBr)CCCCCC1. The highest BCUT2D eigenvalue weighted by molar-refractivity contribution is 9.09. The Labute approximate surface area is 125 Å². The van der Waals surface area contributed by atoms with Crippen LogP contribution in [0.15, 0.2) is 24.4 Å². The maximum atomic E-state index is 4.43. The van der Waals surface area contributed by atoms with Crippen LogP contribution in [-0.4, -0.2) is 28.8 Å². The van der Waals surface area contributed by atoms with E-state index in [1.165, 1.54) is 50.8 Å². The van der Waals surface area contributed by atoms with Crippen molar-refractivity contribution >= 4 is 15.9 Å². The third kappa shape index (κ3) is 4.57. The number of hydrogen-bond donors (Lipinski definition) is 0. The molecule has 0 radical (unpaired) electrons. The molecule has 2 nitrogen and oxygen atoms in total. The largest absolute Gasteiger partial charge is 0.300 e. The molecule has 1 fully saturated rings. The van der Waals surface area contributed by atoms with Gasteiger partial charge in [0.25, 0.3) is 0 Å². The van der Waals surface area contributed by atoms with E-state index in [-0.39, 0.29) is 0 Å². The summed E-state index contributed by atoms with van der Waals surface area (Å²) in [6.45, 7) is 2.13. The summed E-state index contributed by atoms with van der Waals surface area (Å²) in [6.07, 6.45) is 10.2. The topological polar surface area (TPSA) is 16.1 Å². The van der Waals surface area contributed by atoms with Crippen molar-refractivity contribution in [2.24, 2.45) is 5.41 Å². The average Bonchev–Trinajstić information content (AvgIpc) is 2.66. The summed E-state index contributed by atoms with van der Waals surface area (Å²) < 4.78 is 0. The van der Waals surface area contributed by atoms with Gasteiger partial charge in [0.15, 0.2) is 0 Å². The zero-order valence-corrected chi connectivity index (χ0v) is 13.5. The Balaban J connectivity index is 1.93. The monoisotopic (exact) mass is 324 g/mol. The molecule has 1 saturated carbocycles. The van der Waals surface area contributed by atoms with Gasteiger partial charge in [0.05, 0.1) is 5.69 Å². The highest BCUT2D eigenvalue weighted by Crippen LogP contribution is 2.37. The molecule has 3 heteroatoms. The lowest BCUT2D eigenvalue weighted by Crippen LogP contribution is -2.36. The second-order valence-corrected chi connectivity index (χ2v) is 6.60. The third-order valence-electron chi connectivity index (χ3n) is 4.21. The maximum absolute atomic E-state index is 4.43. The van der Waals surface area contributed by atoms with E-state index >= 15 is 0 Å². The summed E-state index contributed by atoms with van der Waals surface area (Å²) in [6, 6.07) is 6.17. The second-order valence-electron chi connectivity index (χ2n) is 6.04. The molecule has 106 valence electrons. The minimum Gasteiger partial charge on any atom is -0.300 e. The van der Waals surface area contributed by atoms with Crippen LogP contribution in [-0.2, 0) is 6.54 Å². The van der Waals surface area contributed by atoms with E-state index in [9.17, 15) is 0 Å². The van der Waals surface area contributed by atoms with E-state index < -0.39 is 0 Å². The standard InChI is InChI=1S/C16H25BrN2/c1-19(12-15-8-4-7-11-18-15)14-16(13-17)9-5-2-3-6-10-16/h4,7-8,11H,2-3,5-6,9-10,12-14H2,1H3. The molecule has 0 atom stereocenters. The van der Waals surface area contributed by atoms with Gasteiger partial charge in [-0.05, 0) is 37.4 Å². The molecule has 2 rings (SSSR count). The number of alkyl halides is 1. The molecule has 0 saturated heterocycles. The number of rotatable bonds is 5. The van der Waals surface area contributed by atoms with E-state index in [0.717, 1.165) is 11.9 Å². The summed E-state index contributed by atoms with van der Waals surface area (Å²) in [4.78, 5) is 6.86. The van der Waals surface area contributed by atoms with Gasteiger partial charge in [-0.2, -0.15) is 0 Å². The molecule has 0 spiro atoms. The molecule has 1 aliphatic carbocycles. The van der Waals surface area contributed by atoms with Crippen molar-refractivity contribution in [1.29, 1.82) is 0 Å². The zero-order chi connectivity index (χ0) is 13.6. The van der Waals surface area contributed by atoms with Crippen molar-refractivity contribution in [2.45, 2.75) is 45.1 Å². The predicted molar refractivity (Wildman–Crippen MR) is 84.5 cm³/mol. The molecule has 19 heavy (non-hydrogen) atoms. The van der Waals surface area contributed by atoms with Crippen LogP contribution in [0.2, 0.25) is 0 Å². The van der Waals surface area contributed by atoms with Crippen LogP contribution in [0.5, 0.6) is 0 Å². The smallest absolute Gasteiger partial charge is 0.0543 e. The van der Waals surface area contributed by atoms with Gasteiger partial charge in [-0.3, -0.25) is 9.88 Å². The number of halogens is 1. The summed E-state index contributed by atoms with van der Waals surface area (Å²) in [5.41, 5.74) is 1.64. The Morgan fingerprint density at radius 2 is 1.95 bits per heavy atom. The van der Waals surface area contributed by atoms with Crippen LogP contribution < -0.4 is 0 Å². The van der Waals surface area contributed by atoms with Gasteiger partial charge in [-0.15, -0.1) is 0 Å². The molecule has 1 heterocycles. The van der Waals surface area contributed by atoms with Gasteiger partial charge in [-0.25, -0.2) is 0 Å². The molecule has 0 bridgehead atoms. The van der Waals surface area contributed by atoms with Crippen LogP contribution in [0.1, 0.15) is 44.2 Å². The van der Waals surface area contributed by atoms with Gasteiger partial charge in [0.1, 0.15) is 0 Å². The summed E-state index contributed by atoms with van der Waals surface area (Å²) in [5.74, 6) is 0. The van der Waals surface area contributed by atoms with Gasteiger partial charge in [0, 0.05) is 24.6 Å². The first kappa shape index (κ1) is 15.0. The summed E-state index contributed by atoms with van der Waals surface area (Å²) in [5, 5.41) is 1.13. The first-order chi connectivity index (χ1) is 9.24. The van der Waals surface area contributed by atoms with Crippen molar-refractivity contribution in [3.05, 3.63) is 30.1 Å². The maximum Gasteiger partial charge on any atom is 0.0543 e. The molecule has 0 aliphatic heterocycles. The molecule has 1 aromatic heterocycles. The van der Waals surface area contributed by atoms with Crippen molar-refractivity contribution < 1.29 is 0 Å². The third-order valence-corrected chi connectivity index (χ3v) is 5.40. The molecule has 0 N–H and O–H groups in total. The highest BCUT2D eigenvalue weighted by Gasteiger charge is 2.31. The van der Waals surface area contributed by atoms with Crippen LogP contribution in [0.25, 0.3) is 0 Å². The van der Waals surface area contributed by atoms with Crippen LogP contribution >= 0.6 is 15.9 Å². The Bertz CT molecular complexity index is 358. The number of nitrogens with zero attached hydrogens (tertiary/aromatic N) is 2. The zero-order valence-electron chi connectivity index (χ0n) is 11.9. The Morgan fingerprint density at radius 1 is 1.21 bits per heavy atom. The second kappa shape index (κ2) is 7.39. The molecule has 0 aromatic carbocycles. The molecule has 1 aliphatic rings. The van der Waals surface area contributed by atoms with Crippen LogP contribution in [0.3, 0.4) is 0 Å². The van der Waals surface area contributed by atoms with E-state index in [0.29, 0.717) is 5.41 Å². The predicted octanol–water partition coefficient (Wildman–Crippen LogP) is 4.25. The Hall–Kier alpha value is -0.410. The highest BCUT2D eigenvalue weighted by atomic mass is 79.9. The lowest BCUT2D eigenvalue weighted by molar-refractivity contribution is 0.170. The molecular formula is C16H25BrN2. The Morgan fingerprint density at radius 3 is 2.53 bits per heavy atom.